The maximum Gasteiger partial charge on any atom is 0.224 e. The predicted octanol–water partition coefficient (Wildman–Crippen LogP) is 3.16. The molecule has 2 unspecified atom stereocenters. The minimum absolute atomic E-state index is 0.144. The summed E-state index contributed by atoms with van der Waals surface area (Å²) in [6.45, 7) is 0. The second-order valence-electron chi connectivity index (χ2n) is 6.26. The standard InChI is InChI=1S/C16H19N3OS/c20-16(7-10-5-11-1-2-12(6-10)18-11)19-13-3-4-14-15(8-13)21-9-17-14/h3-4,8-12,18H,1-2,5-7H2,(H,19,20). The van der Waals surface area contributed by atoms with Crippen molar-refractivity contribution in [1.29, 1.82) is 0 Å². The van der Waals surface area contributed by atoms with Crippen molar-refractivity contribution in [3.63, 3.8) is 0 Å². The molecule has 2 N–H and O–H groups in total. The van der Waals surface area contributed by atoms with Gasteiger partial charge >= 0.3 is 0 Å². The third-order valence-corrected chi connectivity index (χ3v) is 5.45. The minimum atomic E-state index is 0.144. The predicted molar refractivity (Wildman–Crippen MR) is 85.5 cm³/mol. The number of aromatic nitrogens is 1. The van der Waals surface area contributed by atoms with Gasteiger partial charge in [-0.3, -0.25) is 4.79 Å². The molecule has 2 aliphatic heterocycles. The fourth-order valence-electron chi connectivity index (χ4n) is 3.75. The first kappa shape index (κ1) is 13.2. The molecule has 21 heavy (non-hydrogen) atoms. The zero-order valence-corrected chi connectivity index (χ0v) is 12.7. The van der Waals surface area contributed by atoms with Gasteiger partial charge in [-0.15, -0.1) is 11.3 Å². The van der Waals surface area contributed by atoms with Crippen LogP contribution in [0.5, 0.6) is 0 Å². The molecule has 0 saturated carbocycles. The lowest BCUT2D eigenvalue weighted by atomic mass is 9.89. The van der Waals surface area contributed by atoms with E-state index in [9.17, 15) is 4.79 Å². The Balaban J connectivity index is 1.39. The van der Waals surface area contributed by atoms with Crippen molar-refractivity contribution in [2.45, 2.75) is 44.2 Å². The van der Waals surface area contributed by atoms with Gasteiger partial charge in [-0.1, -0.05) is 0 Å². The number of nitrogens with zero attached hydrogens (tertiary/aromatic N) is 1. The Bertz CT molecular complexity index is 656. The highest BCUT2D eigenvalue weighted by atomic mass is 32.1. The number of hydrogen-bond donors (Lipinski definition) is 2. The monoisotopic (exact) mass is 301 g/mol. The lowest BCUT2D eigenvalue weighted by molar-refractivity contribution is -0.117. The lowest BCUT2D eigenvalue weighted by Gasteiger charge is -2.28. The van der Waals surface area contributed by atoms with Gasteiger partial charge in [0.15, 0.2) is 0 Å². The van der Waals surface area contributed by atoms with Crippen LogP contribution in [0.15, 0.2) is 23.7 Å². The van der Waals surface area contributed by atoms with Crippen LogP contribution in [0, 0.1) is 5.92 Å². The molecule has 5 heteroatoms. The second kappa shape index (κ2) is 5.39. The van der Waals surface area contributed by atoms with Crippen LogP contribution in [0.25, 0.3) is 10.2 Å². The molecular formula is C16H19N3OS. The molecule has 1 aromatic carbocycles. The Morgan fingerprint density at radius 3 is 2.95 bits per heavy atom. The van der Waals surface area contributed by atoms with Crippen molar-refractivity contribution < 1.29 is 4.79 Å². The molecule has 0 aliphatic carbocycles. The zero-order chi connectivity index (χ0) is 14.2. The number of amides is 1. The van der Waals surface area contributed by atoms with Crippen LogP contribution < -0.4 is 10.6 Å². The Morgan fingerprint density at radius 1 is 1.33 bits per heavy atom. The summed E-state index contributed by atoms with van der Waals surface area (Å²) in [7, 11) is 0. The highest BCUT2D eigenvalue weighted by Gasteiger charge is 2.34. The average molecular weight is 301 g/mol. The van der Waals surface area contributed by atoms with E-state index < -0.39 is 0 Å². The molecular weight excluding hydrogens is 282 g/mol. The van der Waals surface area contributed by atoms with Gasteiger partial charge in [0.1, 0.15) is 0 Å². The summed E-state index contributed by atoms with van der Waals surface area (Å²) in [6.07, 6.45) is 5.51. The van der Waals surface area contributed by atoms with Gasteiger partial charge in [0.05, 0.1) is 15.7 Å². The number of carbonyl (C=O) groups is 1. The van der Waals surface area contributed by atoms with E-state index in [1.165, 1.54) is 12.8 Å². The fraction of sp³-hybridized carbons (Fsp3) is 0.500. The van der Waals surface area contributed by atoms with E-state index in [1.807, 2.05) is 23.7 Å². The molecule has 1 aromatic heterocycles. The van der Waals surface area contributed by atoms with Crippen molar-refractivity contribution >= 4 is 33.1 Å². The van der Waals surface area contributed by atoms with E-state index >= 15 is 0 Å². The summed E-state index contributed by atoms with van der Waals surface area (Å²) < 4.78 is 1.12. The third kappa shape index (κ3) is 2.80. The van der Waals surface area contributed by atoms with Crippen LogP contribution in [-0.4, -0.2) is 23.0 Å². The van der Waals surface area contributed by atoms with Crippen molar-refractivity contribution in [1.82, 2.24) is 10.3 Å². The molecule has 2 fully saturated rings. The maximum atomic E-state index is 12.2. The summed E-state index contributed by atoms with van der Waals surface area (Å²) >= 11 is 1.60. The number of piperidine rings is 1. The van der Waals surface area contributed by atoms with Gasteiger partial charge < -0.3 is 10.6 Å². The van der Waals surface area contributed by atoms with Gasteiger partial charge in [-0.2, -0.15) is 0 Å². The van der Waals surface area contributed by atoms with E-state index in [1.54, 1.807) is 11.3 Å². The quantitative estimate of drug-likeness (QED) is 0.915. The maximum absolute atomic E-state index is 12.2. The van der Waals surface area contributed by atoms with Gasteiger partial charge in [-0.05, 0) is 49.8 Å². The van der Waals surface area contributed by atoms with Crippen LogP contribution in [0.1, 0.15) is 32.1 Å². The number of hydrogen-bond acceptors (Lipinski definition) is 4. The molecule has 2 aliphatic rings. The minimum Gasteiger partial charge on any atom is -0.326 e. The molecule has 4 nitrogen and oxygen atoms in total. The molecule has 2 aromatic rings. The third-order valence-electron chi connectivity index (χ3n) is 4.66. The van der Waals surface area contributed by atoms with Crippen LogP contribution in [0.3, 0.4) is 0 Å². The van der Waals surface area contributed by atoms with E-state index in [-0.39, 0.29) is 5.91 Å². The van der Waals surface area contributed by atoms with E-state index in [0.717, 1.165) is 28.7 Å². The molecule has 110 valence electrons. The highest BCUT2D eigenvalue weighted by molar-refractivity contribution is 7.16. The van der Waals surface area contributed by atoms with Crippen LogP contribution in [-0.2, 0) is 4.79 Å². The number of rotatable bonds is 3. The van der Waals surface area contributed by atoms with Gasteiger partial charge in [0, 0.05) is 24.2 Å². The molecule has 2 saturated heterocycles. The number of benzene rings is 1. The molecule has 0 spiro atoms. The Morgan fingerprint density at radius 2 is 2.14 bits per heavy atom. The summed E-state index contributed by atoms with van der Waals surface area (Å²) in [5.41, 5.74) is 3.71. The van der Waals surface area contributed by atoms with Gasteiger partial charge in [0.2, 0.25) is 5.91 Å². The summed E-state index contributed by atoms with van der Waals surface area (Å²) in [6, 6.07) is 7.21. The molecule has 0 radical (unpaired) electrons. The first-order chi connectivity index (χ1) is 10.3. The van der Waals surface area contributed by atoms with Crippen molar-refractivity contribution in [2.24, 2.45) is 5.92 Å². The highest BCUT2D eigenvalue weighted by Crippen LogP contribution is 2.33. The first-order valence-corrected chi connectivity index (χ1v) is 8.53. The summed E-state index contributed by atoms with van der Waals surface area (Å²) in [4.78, 5) is 16.5. The molecule has 1 amide bonds. The van der Waals surface area contributed by atoms with Gasteiger partial charge in [0.25, 0.3) is 0 Å². The number of anilines is 1. The van der Waals surface area contributed by atoms with Crippen molar-refractivity contribution in [3.05, 3.63) is 23.7 Å². The number of nitrogens with one attached hydrogen (secondary N) is 2. The van der Waals surface area contributed by atoms with Crippen LogP contribution in [0.2, 0.25) is 0 Å². The second-order valence-corrected chi connectivity index (χ2v) is 7.15. The molecule has 2 bridgehead atoms. The largest absolute Gasteiger partial charge is 0.326 e. The first-order valence-electron chi connectivity index (χ1n) is 7.65. The fourth-order valence-corrected chi connectivity index (χ4v) is 4.47. The van der Waals surface area contributed by atoms with Crippen molar-refractivity contribution in [2.75, 3.05) is 5.32 Å². The zero-order valence-electron chi connectivity index (χ0n) is 11.8. The molecule has 4 rings (SSSR count). The molecule has 3 heterocycles. The average Bonchev–Trinajstić information content (AvgIpc) is 3.04. The van der Waals surface area contributed by atoms with Crippen LogP contribution >= 0.6 is 11.3 Å². The number of fused-ring (bicyclic) bond motifs is 3. The van der Waals surface area contributed by atoms with E-state index in [2.05, 4.69) is 15.6 Å². The van der Waals surface area contributed by atoms with Crippen molar-refractivity contribution in [3.8, 4) is 0 Å². The van der Waals surface area contributed by atoms with Gasteiger partial charge in [-0.25, -0.2) is 4.98 Å². The van der Waals surface area contributed by atoms with E-state index in [4.69, 9.17) is 0 Å². The summed E-state index contributed by atoms with van der Waals surface area (Å²) in [5.74, 6) is 0.682. The number of carbonyl (C=O) groups excluding carboxylic acids is 1. The topological polar surface area (TPSA) is 54.0 Å². The lowest BCUT2D eigenvalue weighted by Crippen LogP contribution is -2.39. The Hall–Kier alpha value is -1.46. The smallest absolute Gasteiger partial charge is 0.224 e. The summed E-state index contributed by atoms with van der Waals surface area (Å²) in [5, 5.41) is 6.66. The Kier molecular flexibility index (Phi) is 3.39. The van der Waals surface area contributed by atoms with Crippen LogP contribution in [0.4, 0.5) is 5.69 Å². The molecule has 2 atom stereocenters. The normalized spacial score (nSPS) is 27.9. The SMILES string of the molecule is O=C(CC1CC2CCC(C1)N2)Nc1ccc2ncsc2c1. The number of thiazole rings is 1. The van der Waals surface area contributed by atoms with E-state index in [0.29, 0.717) is 24.4 Å². The Labute approximate surface area is 128 Å².